The van der Waals surface area contributed by atoms with E-state index in [4.69, 9.17) is 21.6 Å². The van der Waals surface area contributed by atoms with Gasteiger partial charge < -0.3 is 25.4 Å². The molecule has 4 rings (SSSR count). The molecule has 2 aliphatic rings. The molecule has 0 radical (unpaired) electrons. The molecule has 0 saturated carbocycles. The lowest BCUT2D eigenvalue weighted by molar-refractivity contribution is 0.0997. The molecular weight excluding hydrogens is 336 g/mol. The van der Waals surface area contributed by atoms with Gasteiger partial charge in [-0.05, 0) is 23.6 Å². The summed E-state index contributed by atoms with van der Waals surface area (Å²) in [5, 5.41) is 4.39. The Kier molecular flexibility index (Phi) is 3.77. The van der Waals surface area contributed by atoms with Crippen molar-refractivity contribution >= 4 is 28.6 Å². The molecule has 2 aliphatic heterocycles. The molecule has 2 aromatic rings. The molecule has 132 valence electrons. The van der Waals surface area contributed by atoms with Crippen LogP contribution < -0.4 is 20.7 Å². The van der Waals surface area contributed by atoms with E-state index in [0.29, 0.717) is 18.8 Å². The van der Waals surface area contributed by atoms with Crippen LogP contribution in [0.5, 0.6) is 5.75 Å². The molecule has 1 aromatic heterocycles. The van der Waals surface area contributed by atoms with E-state index in [9.17, 15) is 9.59 Å². The smallest absolute Gasteiger partial charge is 0.407 e. The van der Waals surface area contributed by atoms with Crippen LogP contribution in [-0.2, 0) is 4.74 Å². The number of anilines is 1. The van der Waals surface area contributed by atoms with Crippen LogP contribution in [0.25, 0.3) is 10.8 Å². The third-order valence-corrected chi connectivity index (χ3v) is 4.55. The Bertz CT molecular complexity index is 936. The van der Waals surface area contributed by atoms with E-state index >= 15 is 0 Å². The molecule has 2 atom stereocenters. The van der Waals surface area contributed by atoms with Gasteiger partial charge in [-0.2, -0.15) is 0 Å². The standard InChI is InChI=1S/C18H16N4O4/c1-2-5-25-14-7-11-10(6-12(14)16(19)23)3-4-20-17(11)22-8-13-15(9-22)26-18(24)21-13/h1,3-4,6-7,13,15H,5,8-9H2,(H2,19,23)(H,21,24). The molecule has 3 N–H and O–H groups in total. The van der Waals surface area contributed by atoms with Gasteiger partial charge in [0.05, 0.1) is 18.2 Å². The molecule has 2 saturated heterocycles. The number of ether oxygens (including phenoxy) is 2. The van der Waals surface area contributed by atoms with E-state index in [0.717, 1.165) is 16.6 Å². The highest BCUT2D eigenvalue weighted by Crippen LogP contribution is 2.33. The minimum absolute atomic E-state index is 0.0229. The topological polar surface area (TPSA) is 107 Å². The number of fused-ring (bicyclic) bond motifs is 2. The molecule has 2 fully saturated rings. The Morgan fingerprint density at radius 2 is 2.35 bits per heavy atom. The van der Waals surface area contributed by atoms with Crippen molar-refractivity contribution in [3.05, 3.63) is 30.0 Å². The molecule has 1 aromatic carbocycles. The van der Waals surface area contributed by atoms with Gasteiger partial charge in [0, 0.05) is 18.1 Å². The first-order valence-corrected chi connectivity index (χ1v) is 8.07. The highest BCUT2D eigenvalue weighted by molar-refractivity contribution is 6.03. The zero-order valence-corrected chi connectivity index (χ0v) is 13.8. The van der Waals surface area contributed by atoms with E-state index in [2.05, 4.69) is 16.2 Å². The number of hydrogen-bond donors (Lipinski definition) is 2. The first kappa shape index (κ1) is 16.0. The Morgan fingerprint density at radius 1 is 1.50 bits per heavy atom. The minimum atomic E-state index is -0.593. The average Bonchev–Trinajstić information content (AvgIpc) is 3.15. The second-order valence-electron chi connectivity index (χ2n) is 6.16. The number of alkyl carbamates (subject to hydrolysis) is 1. The number of aromatic nitrogens is 1. The molecule has 0 bridgehead atoms. The number of primary amides is 1. The number of amides is 2. The highest BCUT2D eigenvalue weighted by atomic mass is 16.6. The number of rotatable bonds is 4. The number of nitrogens with two attached hydrogens (primary N) is 1. The van der Waals surface area contributed by atoms with Crippen LogP contribution in [0.15, 0.2) is 24.4 Å². The van der Waals surface area contributed by atoms with E-state index < -0.39 is 5.91 Å². The molecule has 8 heteroatoms. The Morgan fingerprint density at radius 3 is 3.08 bits per heavy atom. The third kappa shape index (κ3) is 2.63. The number of nitrogens with one attached hydrogen (secondary N) is 1. The number of nitrogens with zero attached hydrogens (tertiary/aromatic N) is 2. The lowest BCUT2D eigenvalue weighted by atomic mass is 10.1. The van der Waals surface area contributed by atoms with Crippen LogP contribution in [0.3, 0.4) is 0 Å². The summed E-state index contributed by atoms with van der Waals surface area (Å²) in [6.07, 6.45) is 6.32. The van der Waals surface area contributed by atoms with Gasteiger partial charge in [0.15, 0.2) is 0 Å². The van der Waals surface area contributed by atoms with Gasteiger partial charge in [-0.25, -0.2) is 9.78 Å². The maximum absolute atomic E-state index is 11.7. The molecule has 0 spiro atoms. The summed E-state index contributed by atoms with van der Waals surface area (Å²) in [6, 6.07) is 5.12. The minimum Gasteiger partial charge on any atom is -0.480 e. The maximum atomic E-state index is 11.7. The van der Waals surface area contributed by atoms with Crippen LogP contribution in [-0.4, -0.2) is 48.8 Å². The maximum Gasteiger partial charge on any atom is 0.407 e. The van der Waals surface area contributed by atoms with Crippen LogP contribution in [0.2, 0.25) is 0 Å². The van der Waals surface area contributed by atoms with Crippen molar-refractivity contribution in [2.75, 3.05) is 24.6 Å². The van der Waals surface area contributed by atoms with Gasteiger partial charge in [0.25, 0.3) is 5.91 Å². The predicted molar refractivity (Wildman–Crippen MR) is 94.0 cm³/mol. The fourth-order valence-electron chi connectivity index (χ4n) is 3.40. The van der Waals surface area contributed by atoms with Crippen molar-refractivity contribution in [1.82, 2.24) is 10.3 Å². The Hall–Kier alpha value is -3.47. The van der Waals surface area contributed by atoms with Crippen LogP contribution >= 0.6 is 0 Å². The van der Waals surface area contributed by atoms with Crippen molar-refractivity contribution in [3.8, 4) is 18.1 Å². The lowest BCUT2D eigenvalue weighted by Gasteiger charge is -2.20. The van der Waals surface area contributed by atoms with E-state index in [-0.39, 0.29) is 30.4 Å². The summed E-state index contributed by atoms with van der Waals surface area (Å²) in [4.78, 5) is 29.6. The zero-order valence-electron chi connectivity index (χ0n) is 13.8. The summed E-state index contributed by atoms with van der Waals surface area (Å²) in [7, 11) is 0. The molecule has 2 unspecified atom stereocenters. The monoisotopic (exact) mass is 352 g/mol. The van der Waals surface area contributed by atoms with Gasteiger partial charge in [0.1, 0.15) is 24.3 Å². The summed E-state index contributed by atoms with van der Waals surface area (Å²) >= 11 is 0. The Labute approximate surface area is 149 Å². The number of hydrogen-bond acceptors (Lipinski definition) is 6. The van der Waals surface area contributed by atoms with Crippen molar-refractivity contribution in [2.24, 2.45) is 5.73 Å². The number of carbonyl (C=O) groups excluding carboxylic acids is 2. The Balaban J connectivity index is 1.75. The van der Waals surface area contributed by atoms with Crippen molar-refractivity contribution < 1.29 is 19.1 Å². The largest absolute Gasteiger partial charge is 0.480 e. The summed E-state index contributed by atoms with van der Waals surface area (Å²) in [5.74, 6) is 2.82. The summed E-state index contributed by atoms with van der Waals surface area (Å²) < 4.78 is 10.7. The van der Waals surface area contributed by atoms with Crippen molar-refractivity contribution in [1.29, 1.82) is 0 Å². The van der Waals surface area contributed by atoms with Gasteiger partial charge >= 0.3 is 6.09 Å². The highest BCUT2D eigenvalue weighted by Gasteiger charge is 2.42. The predicted octanol–water partition coefficient (Wildman–Crippen LogP) is 0.643. The second kappa shape index (κ2) is 6.11. The van der Waals surface area contributed by atoms with Gasteiger partial charge in [-0.3, -0.25) is 4.79 Å². The quantitative estimate of drug-likeness (QED) is 0.782. The third-order valence-electron chi connectivity index (χ3n) is 4.55. The number of carbonyl (C=O) groups is 2. The lowest BCUT2D eigenvalue weighted by Crippen LogP contribution is -2.32. The van der Waals surface area contributed by atoms with E-state index in [1.54, 1.807) is 24.4 Å². The van der Waals surface area contributed by atoms with Gasteiger partial charge in [-0.15, -0.1) is 6.42 Å². The fourth-order valence-corrected chi connectivity index (χ4v) is 3.40. The van der Waals surface area contributed by atoms with E-state index in [1.165, 1.54) is 0 Å². The SMILES string of the molecule is C#CCOc1cc2c(N3CC4NC(=O)OC4C3)nccc2cc1C(N)=O. The normalized spacial score (nSPS) is 21.0. The molecular formula is C18H16N4O4. The van der Waals surface area contributed by atoms with Crippen molar-refractivity contribution in [2.45, 2.75) is 12.1 Å². The number of benzene rings is 1. The summed E-state index contributed by atoms with van der Waals surface area (Å²) in [6.45, 7) is 1.14. The average molecular weight is 352 g/mol. The molecule has 3 heterocycles. The molecule has 26 heavy (non-hydrogen) atoms. The van der Waals surface area contributed by atoms with Crippen LogP contribution in [0.4, 0.5) is 10.6 Å². The first-order chi connectivity index (χ1) is 12.6. The van der Waals surface area contributed by atoms with E-state index in [1.807, 2.05) is 4.90 Å². The zero-order chi connectivity index (χ0) is 18.3. The van der Waals surface area contributed by atoms with Crippen LogP contribution in [0.1, 0.15) is 10.4 Å². The fraction of sp³-hybridized carbons (Fsp3) is 0.278. The summed E-state index contributed by atoms with van der Waals surface area (Å²) in [5.41, 5.74) is 5.72. The number of pyridine rings is 1. The van der Waals surface area contributed by atoms with Crippen molar-refractivity contribution in [3.63, 3.8) is 0 Å². The molecule has 2 amide bonds. The van der Waals surface area contributed by atoms with Gasteiger partial charge in [0.2, 0.25) is 0 Å². The van der Waals surface area contributed by atoms with Gasteiger partial charge in [-0.1, -0.05) is 5.92 Å². The first-order valence-electron chi connectivity index (χ1n) is 8.07. The number of terminal acetylenes is 1. The molecule has 0 aliphatic carbocycles. The van der Waals surface area contributed by atoms with Crippen LogP contribution in [0, 0.1) is 12.3 Å². The molecule has 8 nitrogen and oxygen atoms in total. The second-order valence-corrected chi connectivity index (χ2v) is 6.16.